The Morgan fingerprint density at radius 3 is 2.74 bits per heavy atom. The molecule has 0 fully saturated rings. The van der Waals surface area contributed by atoms with Crippen LogP contribution >= 0.6 is 0 Å². The molecule has 0 aliphatic rings. The Balaban J connectivity index is 1.78. The van der Waals surface area contributed by atoms with Crippen LogP contribution < -0.4 is 5.73 Å². The number of nitrogens with zero attached hydrogens (tertiary/aromatic N) is 4. The van der Waals surface area contributed by atoms with E-state index in [0.717, 1.165) is 18.4 Å². The summed E-state index contributed by atoms with van der Waals surface area (Å²) in [5.41, 5.74) is 7.95. The van der Waals surface area contributed by atoms with Crippen molar-refractivity contribution in [2.24, 2.45) is 5.73 Å². The second kappa shape index (κ2) is 7.03. The predicted octanol–water partition coefficient (Wildman–Crippen LogP) is 3.23. The van der Waals surface area contributed by atoms with Crippen LogP contribution in [0.2, 0.25) is 0 Å². The molecule has 4 aromatic rings. The summed E-state index contributed by atoms with van der Waals surface area (Å²) in [6, 6.07) is 11.6. The zero-order valence-electron chi connectivity index (χ0n) is 14.5. The van der Waals surface area contributed by atoms with E-state index in [9.17, 15) is 9.18 Å². The molecule has 2 aromatic carbocycles. The number of primary amides is 1. The quantitative estimate of drug-likeness (QED) is 0.571. The van der Waals surface area contributed by atoms with Gasteiger partial charge in [0, 0.05) is 36.4 Å². The number of para-hydroxylation sites is 1. The molecule has 136 valence electrons. The Morgan fingerprint density at radius 1 is 1.15 bits per heavy atom. The van der Waals surface area contributed by atoms with Crippen LogP contribution in [0.15, 0.2) is 61.2 Å². The average molecular weight is 363 g/mol. The van der Waals surface area contributed by atoms with Gasteiger partial charge in [0.2, 0.25) is 0 Å². The minimum Gasteiger partial charge on any atom is -0.366 e. The Hall–Kier alpha value is -3.48. The monoisotopic (exact) mass is 363 g/mol. The van der Waals surface area contributed by atoms with Gasteiger partial charge in [0.05, 0.1) is 17.4 Å². The van der Waals surface area contributed by atoms with Crippen molar-refractivity contribution in [3.05, 3.63) is 72.6 Å². The summed E-state index contributed by atoms with van der Waals surface area (Å²) in [5, 5.41) is 5.46. The first kappa shape index (κ1) is 17.0. The number of aryl methyl sites for hydroxylation is 2. The maximum absolute atomic E-state index is 13.7. The van der Waals surface area contributed by atoms with Crippen molar-refractivity contribution in [2.45, 2.75) is 19.5 Å². The lowest BCUT2D eigenvalue weighted by atomic mass is 10.0. The fourth-order valence-corrected chi connectivity index (χ4v) is 3.27. The van der Waals surface area contributed by atoms with Gasteiger partial charge in [-0.05, 0) is 24.6 Å². The molecular formula is C20H18FN5O. The van der Waals surface area contributed by atoms with Crippen LogP contribution in [-0.4, -0.2) is 25.2 Å². The first-order chi connectivity index (χ1) is 13.1. The largest absolute Gasteiger partial charge is 0.366 e. The number of benzene rings is 2. The van der Waals surface area contributed by atoms with E-state index < -0.39 is 5.91 Å². The fourth-order valence-electron chi connectivity index (χ4n) is 3.27. The molecule has 1 amide bonds. The van der Waals surface area contributed by atoms with Crippen molar-refractivity contribution in [1.82, 2.24) is 19.3 Å². The van der Waals surface area contributed by atoms with Gasteiger partial charge < -0.3 is 10.3 Å². The van der Waals surface area contributed by atoms with Gasteiger partial charge in [0.15, 0.2) is 0 Å². The van der Waals surface area contributed by atoms with Crippen LogP contribution in [0, 0.1) is 5.82 Å². The molecule has 2 N–H and O–H groups in total. The number of hydrogen-bond donors (Lipinski definition) is 1. The number of hydrogen-bond acceptors (Lipinski definition) is 3. The molecule has 0 spiro atoms. The maximum atomic E-state index is 13.7. The molecule has 0 aliphatic heterocycles. The van der Waals surface area contributed by atoms with Gasteiger partial charge in [0.25, 0.3) is 5.91 Å². The van der Waals surface area contributed by atoms with Crippen molar-refractivity contribution in [3.63, 3.8) is 0 Å². The lowest BCUT2D eigenvalue weighted by molar-refractivity contribution is 0.100. The molecule has 2 heterocycles. The van der Waals surface area contributed by atoms with E-state index in [1.54, 1.807) is 41.5 Å². The molecule has 0 unspecified atom stereocenters. The van der Waals surface area contributed by atoms with Crippen molar-refractivity contribution < 1.29 is 9.18 Å². The molecule has 6 nitrogen and oxygen atoms in total. The highest BCUT2D eigenvalue weighted by molar-refractivity contribution is 6.08. The highest BCUT2D eigenvalue weighted by Crippen LogP contribution is 2.30. The second-order valence-electron chi connectivity index (χ2n) is 6.30. The van der Waals surface area contributed by atoms with Crippen LogP contribution in [-0.2, 0) is 13.1 Å². The van der Waals surface area contributed by atoms with Crippen LogP contribution in [0.25, 0.3) is 22.2 Å². The smallest absolute Gasteiger partial charge is 0.250 e. The molecule has 7 heteroatoms. The number of rotatable bonds is 6. The number of fused-ring (bicyclic) bond motifs is 1. The number of nitrogens with two attached hydrogens (primary N) is 1. The normalized spacial score (nSPS) is 11.1. The summed E-state index contributed by atoms with van der Waals surface area (Å²) < 4.78 is 17.5. The second-order valence-corrected chi connectivity index (χ2v) is 6.30. The first-order valence-electron chi connectivity index (χ1n) is 8.64. The molecule has 0 aliphatic carbocycles. The minimum atomic E-state index is -0.512. The van der Waals surface area contributed by atoms with Gasteiger partial charge in [0.1, 0.15) is 11.5 Å². The molecule has 27 heavy (non-hydrogen) atoms. The topological polar surface area (TPSA) is 78.7 Å². The van der Waals surface area contributed by atoms with Crippen LogP contribution in [0.3, 0.4) is 0 Å². The summed E-state index contributed by atoms with van der Waals surface area (Å²) in [6.45, 7) is 1.36. The van der Waals surface area contributed by atoms with Gasteiger partial charge in [-0.1, -0.05) is 24.3 Å². The van der Waals surface area contributed by atoms with E-state index in [-0.39, 0.29) is 5.82 Å². The van der Waals surface area contributed by atoms with Crippen LogP contribution in [0.1, 0.15) is 16.8 Å². The lowest BCUT2D eigenvalue weighted by Crippen LogP contribution is -2.14. The minimum absolute atomic E-state index is 0.332. The van der Waals surface area contributed by atoms with E-state index in [4.69, 9.17) is 5.73 Å². The third-order valence-electron chi connectivity index (χ3n) is 4.48. The van der Waals surface area contributed by atoms with Crippen LogP contribution in [0.4, 0.5) is 4.39 Å². The van der Waals surface area contributed by atoms with Crippen molar-refractivity contribution in [2.75, 3.05) is 0 Å². The molecule has 2 aromatic heterocycles. The number of halogens is 1. The van der Waals surface area contributed by atoms with Gasteiger partial charge in [-0.2, -0.15) is 5.10 Å². The van der Waals surface area contributed by atoms with E-state index in [2.05, 4.69) is 10.1 Å². The fraction of sp³-hybridized carbons (Fsp3) is 0.150. The Morgan fingerprint density at radius 2 is 2.00 bits per heavy atom. The van der Waals surface area contributed by atoms with E-state index in [1.165, 1.54) is 12.1 Å². The van der Waals surface area contributed by atoms with E-state index in [1.807, 2.05) is 16.8 Å². The average Bonchev–Trinajstić information content (AvgIpc) is 3.30. The summed E-state index contributed by atoms with van der Waals surface area (Å²) in [6.07, 6.45) is 6.18. The number of imidazole rings is 1. The van der Waals surface area contributed by atoms with Crippen molar-refractivity contribution in [1.29, 1.82) is 0 Å². The highest BCUT2D eigenvalue weighted by Gasteiger charge is 2.18. The SMILES string of the molecule is NC(=O)c1cccc2c(-c3cccc(F)c3)nn(CCCn3ccnc3)c12. The zero-order valence-corrected chi connectivity index (χ0v) is 14.5. The van der Waals surface area contributed by atoms with Gasteiger partial charge in [-0.25, -0.2) is 9.37 Å². The number of amides is 1. The zero-order chi connectivity index (χ0) is 18.8. The summed E-state index contributed by atoms with van der Waals surface area (Å²) in [5.74, 6) is -0.844. The van der Waals surface area contributed by atoms with Crippen LogP contribution in [0.5, 0.6) is 0 Å². The predicted molar refractivity (Wildman–Crippen MR) is 100 cm³/mol. The number of carbonyl (C=O) groups excluding carboxylic acids is 1. The lowest BCUT2D eigenvalue weighted by Gasteiger charge is -2.06. The molecule has 0 saturated carbocycles. The third-order valence-corrected chi connectivity index (χ3v) is 4.48. The van der Waals surface area contributed by atoms with Crippen molar-refractivity contribution in [3.8, 4) is 11.3 Å². The summed E-state index contributed by atoms with van der Waals surface area (Å²) in [7, 11) is 0. The summed E-state index contributed by atoms with van der Waals surface area (Å²) >= 11 is 0. The molecule has 4 rings (SSSR count). The maximum Gasteiger partial charge on any atom is 0.250 e. The molecular weight excluding hydrogens is 345 g/mol. The Labute approximate surface area is 155 Å². The molecule has 0 saturated heterocycles. The van der Waals surface area contributed by atoms with Gasteiger partial charge >= 0.3 is 0 Å². The molecule has 0 bridgehead atoms. The number of carbonyl (C=O) groups is 1. The summed E-state index contributed by atoms with van der Waals surface area (Å²) in [4.78, 5) is 16.0. The van der Waals surface area contributed by atoms with E-state index in [0.29, 0.717) is 28.9 Å². The molecule has 0 radical (unpaired) electrons. The Kier molecular flexibility index (Phi) is 4.42. The Bertz CT molecular complexity index is 1100. The number of aromatic nitrogens is 4. The molecule has 0 atom stereocenters. The van der Waals surface area contributed by atoms with E-state index >= 15 is 0 Å². The standard InChI is InChI=1S/C20H18FN5O/c21-15-5-1-4-14(12-15)18-16-6-2-7-17(20(22)27)19(16)26(24-18)10-3-9-25-11-8-23-13-25/h1-2,4-8,11-13H,3,9-10H2,(H2,22,27). The first-order valence-corrected chi connectivity index (χ1v) is 8.64. The highest BCUT2D eigenvalue weighted by atomic mass is 19.1. The van der Waals surface area contributed by atoms with Gasteiger partial charge in [-0.3, -0.25) is 9.48 Å². The van der Waals surface area contributed by atoms with Gasteiger partial charge in [-0.15, -0.1) is 0 Å². The third kappa shape index (κ3) is 3.31. The van der Waals surface area contributed by atoms with Crippen molar-refractivity contribution >= 4 is 16.8 Å².